The van der Waals surface area contributed by atoms with Crippen LogP contribution in [0.4, 0.5) is 5.95 Å². The number of aromatic nitrogens is 2. The number of para-hydroxylation sites is 2. The lowest BCUT2D eigenvalue weighted by atomic mass is 9.79. The van der Waals surface area contributed by atoms with E-state index in [0.29, 0.717) is 6.42 Å². The van der Waals surface area contributed by atoms with Gasteiger partial charge in [0.2, 0.25) is 5.95 Å². The van der Waals surface area contributed by atoms with Gasteiger partial charge < -0.3 is 9.73 Å². The number of imidazole rings is 1. The zero-order valence-electron chi connectivity index (χ0n) is 16.6. The van der Waals surface area contributed by atoms with Crippen molar-refractivity contribution in [2.45, 2.75) is 31.7 Å². The monoisotopic (exact) mass is 395 g/mol. The lowest BCUT2D eigenvalue weighted by Gasteiger charge is -2.36. The van der Waals surface area contributed by atoms with Crippen molar-refractivity contribution in [1.82, 2.24) is 9.55 Å². The maximum atomic E-state index is 13.5. The lowest BCUT2D eigenvalue weighted by molar-refractivity contribution is -0.116. The molecule has 6 rings (SSSR count). The predicted molar refractivity (Wildman–Crippen MR) is 115 cm³/mol. The van der Waals surface area contributed by atoms with E-state index in [-0.39, 0.29) is 17.7 Å². The van der Waals surface area contributed by atoms with Gasteiger partial charge in [-0.25, -0.2) is 4.98 Å². The van der Waals surface area contributed by atoms with Crippen molar-refractivity contribution in [3.63, 3.8) is 0 Å². The van der Waals surface area contributed by atoms with E-state index >= 15 is 0 Å². The summed E-state index contributed by atoms with van der Waals surface area (Å²) in [7, 11) is 0. The first-order valence-electron chi connectivity index (χ1n) is 10.3. The summed E-state index contributed by atoms with van der Waals surface area (Å²) < 4.78 is 7.79. The maximum absolute atomic E-state index is 13.5. The van der Waals surface area contributed by atoms with E-state index in [9.17, 15) is 4.79 Å². The first-order valence-corrected chi connectivity index (χ1v) is 10.3. The Hall–Kier alpha value is -3.60. The fourth-order valence-corrected chi connectivity index (χ4v) is 4.81. The third-order valence-corrected chi connectivity index (χ3v) is 6.24. The minimum atomic E-state index is -0.186. The fourth-order valence-electron chi connectivity index (χ4n) is 4.81. The van der Waals surface area contributed by atoms with E-state index in [1.165, 1.54) is 5.56 Å². The number of allylic oxidation sites excluding steroid dienone is 2. The highest BCUT2D eigenvalue weighted by Gasteiger charge is 2.40. The van der Waals surface area contributed by atoms with Gasteiger partial charge in [0.25, 0.3) is 0 Å². The van der Waals surface area contributed by atoms with Crippen molar-refractivity contribution < 1.29 is 9.21 Å². The molecule has 1 aliphatic heterocycles. The van der Waals surface area contributed by atoms with Crippen LogP contribution in [0.15, 0.2) is 82.6 Å². The number of carbonyl (C=O) groups is 1. The zero-order chi connectivity index (χ0) is 20.2. The van der Waals surface area contributed by atoms with Gasteiger partial charge in [0.05, 0.1) is 23.3 Å². The highest BCUT2D eigenvalue weighted by Crippen LogP contribution is 2.45. The molecule has 4 aromatic rings. The van der Waals surface area contributed by atoms with Crippen LogP contribution in [-0.4, -0.2) is 15.3 Å². The van der Waals surface area contributed by atoms with Crippen molar-refractivity contribution >= 4 is 22.8 Å². The number of rotatable bonds is 2. The molecule has 148 valence electrons. The van der Waals surface area contributed by atoms with Gasteiger partial charge in [-0.2, -0.15) is 0 Å². The van der Waals surface area contributed by atoms with Gasteiger partial charge in [-0.1, -0.05) is 42.0 Å². The zero-order valence-corrected chi connectivity index (χ0v) is 16.6. The standard InChI is InChI=1S/C25H21N3O2/c1-15-8-10-16(11-9-15)24-23-19(13-17(14-21(23)29)22-7-4-12-30-22)27-25-26-18-5-2-3-6-20(18)28(24)25/h2-12,17,24H,13-14H2,1H3,(H,26,27). The van der Waals surface area contributed by atoms with Gasteiger partial charge in [-0.3, -0.25) is 9.36 Å². The molecule has 2 atom stereocenters. The Labute approximate surface area is 174 Å². The molecular formula is C25H21N3O2. The molecular weight excluding hydrogens is 374 g/mol. The molecule has 30 heavy (non-hydrogen) atoms. The molecule has 2 aliphatic rings. The number of aryl methyl sites for hydroxylation is 1. The Morgan fingerprint density at radius 2 is 1.87 bits per heavy atom. The van der Waals surface area contributed by atoms with Crippen LogP contribution in [-0.2, 0) is 4.79 Å². The van der Waals surface area contributed by atoms with Crippen LogP contribution < -0.4 is 5.32 Å². The molecule has 2 aromatic heterocycles. The molecule has 0 spiro atoms. The topological polar surface area (TPSA) is 60.1 Å². The van der Waals surface area contributed by atoms with Crippen LogP contribution in [0.1, 0.15) is 41.7 Å². The number of carbonyl (C=O) groups excluding carboxylic acids is 1. The normalized spacial score (nSPS) is 20.8. The summed E-state index contributed by atoms with van der Waals surface area (Å²) in [5.74, 6) is 1.86. The summed E-state index contributed by atoms with van der Waals surface area (Å²) in [4.78, 5) is 18.3. The second-order valence-electron chi connectivity index (χ2n) is 8.17. The number of hydrogen-bond donors (Lipinski definition) is 1. The highest BCUT2D eigenvalue weighted by molar-refractivity contribution is 6.01. The van der Waals surface area contributed by atoms with E-state index in [2.05, 4.69) is 47.1 Å². The van der Waals surface area contributed by atoms with E-state index < -0.39 is 0 Å². The van der Waals surface area contributed by atoms with Gasteiger partial charge in [-0.15, -0.1) is 0 Å². The summed E-state index contributed by atoms with van der Waals surface area (Å²) >= 11 is 0. The molecule has 1 aliphatic carbocycles. The molecule has 0 amide bonds. The van der Waals surface area contributed by atoms with Crippen molar-refractivity contribution in [2.24, 2.45) is 0 Å². The Morgan fingerprint density at radius 1 is 1.03 bits per heavy atom. The highest BCUT2D eigenvalue weighted by atomic mass is 16.3. The van der Waals surface area contributed by atoms with Gasteiger partial charge in [-0.05, 0) is 43.2 Å². The third-order valence-electron chi connectivity index (χ3n) is 6.24. The number of fused-ring (bicyclic) bond motifs is 3. The van der Waals surface area contributed by atoms with Crippen LogP contribution in [0.3, 0.4) is 0 Å². The fraction of sp³-hybridized carbons (Fsp3) is 0.200. The molecule has 0 saturated heterocycles. The summed E-state index contributed by atoms with van der Waals surface area (Å²) in [5, 5.41) is 3.49. The lowest BCUT2D eigenvalue weighted by Crippen LogP contribution is -2.33. The van der Waals surface area contributed by atoms with Gasteiger partial charge in [0, 0.05) is 23.6 Å². The molecule has 0 radical (unpaired) electrons. The summed E-state index contributed by atoms with van der Waals surface area (Å²) in [6.45, 7) is 2.08. The molecule has 3 heterocycles. The molecule has 1 N–H and O–H groups in total. The van der Waals surface area contributed by atoms with E-state index in [1.54, 1.807) is 6.26 Å². The largest absolute Gasteiger partial charge is 0.469 e. The second kappa shape index (κ2) is 6.46. The Morgan fingerprint density at radius 3 is 2.67 bits per heavy atom. The Kier molecular flexibility index (Phi) is 3.72. The number of nitrogens with one attached hydrogen (secondary N) is 1. The quantitative estimate of drug-likeness (QED) is 0.497. The molecule has 2 unspecified atom stereocenters. The second-order valence-corrected chi connectivity index (χ2v) is 8.17. The number of hydrogen-bond acceptors (Lipinski definition) is 4. The average Bonchev–Trinajstić information content (AvgIpc) is 3.41. The smallest absolute Gasteiger partial charge is 0.209 e. The molecule has 5 nitrogen and oxygen atoms in total. The molecule has 0 fully saturated rings. The first kappa shape index (κ1) is 17.3. The van der Waals surface area contributed by atoms with E-state index in [4.69, 9.17) is 9.40 Å². The average molecular weight is 395 g/mol. The Balaban J connectivity index is 1.55. The van der Waals surface area contributed by atoms with Crippen molar-refractivity contribution in [2.75, 3.05) is 5.32 Å². The summed E-state index contributed by atoms with van der Waals surface area (Å²) in [6, 6.07) is 20.2. The van der Waals surface area contributed by atoms with Crippen LogP contribution >= 0.6 is 0 Å². The number of furan rings is 1. The molecule has 0 bridgehead atoms. The van der Waals surface area contributed by atoms with Gasteiger partial charge in [0.15, 0.2) is 5.78 Å². The number of anilines is 1. The number of nitrogens with zero attached hydrogens (tertiary/aromatic N) is 2. The van der Waals surface area contributed by atoms with E-state index in [1.807, 2.05) is 30.3 Å². The van der Waals surface area contributed by atoms with Crippen LogP contribution in [0, 0.1) is 6.92 Å². The number of benzene rings is 2. The third kappa shape index (κ3) is 2.55. The number of ketones is 1. The van der Waals surface area contributed by atoms with Crippen LogP contribution in [0.2, 0.25) is 0 Å². The maximum Gasteiger partial charge on any atom is 0.209 e. The summed E-state index contributed by atoms with van der Waals surface area (Å²) in [5.41, 5.74) is 6.05. The predicted octanol–water partition coefficient (Wildman–Crippen LogP) is 5.35. The Bertz CT molecular complexity index is 1300. The van der Waals surface area contributed by atoms with Gasteiger partial charge in [0.1, 0.15) is 5.76 Å². The van der Waals surface area contributed by atoms with E-state index in [0.717, 1.165) is 46.0 Å². The number of Topliss-reactive ketones (excluding diaryl/α,β-unsaturated/α-hetero) is 1. The van der Waals surface area contributed by atoms with Crippen molar-refractivity contribution in [3.05, 3.63) is 95.1 Å². The first-order chi connectivity index (χ1) is 14.7. The van der Waals surface area contributed by atoms with Crippen molar-refractivity contribution in [3.8, 4) is 0 Å². The SMILES string of the molecule is Cc1ccc(C2C3=C(CC(c4ccco4)CC3=O)Nc3nc4ccccc4n32)cc1. The summed E-state index contributed by atoms with van der Waals surface area (Å²) in [6.07, 6.45) is 2.87. The van der Waals surface area contributed by atoms with Gasteiger partial charge >= 0.3 is 0 Å². The minimum Gasteiger partial charge on any atom is -0.469 e. The molecule has 5 heteroatoms. The molecule has 2 aromatic carbocycles. The molecule has 0 saturated carbocycles. The van der Waals surface area contributed by atoms with Crippen molar-refractivity contribution in [1.29, 1.82) is 0 Å². The minimum absolute atomic E-state index is 0.0494. The van der Waals surface area contributed by atoms with Crippen LogP contribution in [0.25, 0.3) is 11.0 Å². The van der Waals surface area contributed by atoms with Crippen LogP contribution in [0.5, 0.6) is 0 Å².